The summed E-state index contributed by atoms with van der Waals surface area (Å²) in [6, 6.07) is 16.4. The number of para-hydroxylation sites is 2. The number of benzene rings is 2. The van der Waals surface area contributed by atoms with Crippen LogP contribution in [0.2, 0.25) is 0 Å². The molecule has 0 aliphatic heterocycles. The quantitative estimate of drug-likeness (QED) is 0.578. The van der Waals surface area contributed by atoms with Crippen molar-refractivity contribution in [1.82, 2.24) is 0 Å². The van der Waals surface area contributed by atoms with Crippen LogP contribution >= 0.6 is 0 Å². The van der Waals surface area contributed by atoms with Crippen molar-refractivity contribution in [1.29, 1.82) is 0 Å². The van der Waals surface area contributed by atoms with E-state index in [2.05, 4.69) is 0 Å². The fraction of sp³-hybridized carbons (Fsp3) is 0.167. The van der Waals surface area contributed by atoms with Gasteiger partial charge in [-0.15, -0.1) is 0 Å². The van der Waals surface area contributed by atoms with E-state index in [0.717, 1.165) is 5.75 Å². The molecular formula is C18H16O4. The lowest BCUT2D eigenvalue weighted by Crippen LogP contribution is -2.10. The normalized spacial score (nSPS) is 10.7. The Morgan fingerprint density at radius 3 is 2.55 bits per heavy atom. The summed E-state index contributed by atoms with van der Waals surface area (Å²) in [5, 5.41) is 10.8. The summed E-state index contributed by atoms with van der Waals surface area (Å²) in [4.78, 5) is 12.0. The van der Waals surface area contributed by atoms with Gasteiger partial charge in [-0.1, -0.05) is 30.3 Å². The van der Waals surface area contributed by atoms with E-state index in [-0.39, 0.29) is 5.75 Å². The first-order chi connectivity index (χ1) is 10.8. The van der Waals surface area contributed by atoms with Gasteiger partial charge in [0.15, 0.2) is 0 Å². The van der Waals surface area contributed by atoms with Gasteiger partial charge in [0.25, 0.3) is 0 Å². The Balaban J connectivity index is 1.70. The minimum atomic E-state index is -0.490. The first-order valence-electron chi connectivity index (χ1n) is 7.17. The highest BCUT2D eigenvalue weighted by Crippen LogP contribution is 2.26. The van der Waals surface area contributed by atoms with Gasteiger partial charge in [-0.05, 0) is 37.1 Å². The fourth-order valence-electron chi connectivity index (χ4n) is 2.35. The monoisotopic (exact) mass is 296 g/mol. The predicted octanol–water partition coefficient (Wildman–Crippen LogP) is 3.51. The molecule has 112 valence electrons. The molecule has 0 fully saturated rings. The topological polar surface area (TPSA) is 59.7 Å². The van der Waals surface area contributed by atoms with Crippen molar-refractivity contribution in [2.24, 2.45) is 0 Å². The zero-order chi connectivity index (χ0) is 15.4. The first-order valence-corrected chi connectivity index (χ1v) is 7.17. The van der Waals surface area contributed by atoms with E-state index in [0.29, 0.717) is 36.0 Å². The summed E-state index contributed by atoms with van der Waals surface area (Å²) >= 11 is 0. The van der Waals surface area contributed by atoms with E-state index in [9.17, 15) is 9.90 Å². The van der Waals surface area contributed by atoms with Crippen LogP contribution in [0.3, 0.4) is 0 Å². The van der Waals surface area contributed by atoms with Gasteiger partial charge in [0.05, 0.1) is 17.6 Å². The maximum Gasteiger partial charge on any atom is 0.343 e. The molecule has 0 spiro atoms. The van der Waals surface area contributed by atoms with E-state index < -0.39 is 5.63 Å². The van der Waals surface area contributed by atoms with Crippen LogP contribution in [0, 0.1) is 0 Å². The Morgan fingerprint density at radius 2 is 1.73 bits per heavy atom. The second-order valence-electron chi connectivity index (χ2n) is 4.98. The maximum absolute atomic E-state index is 12.0. The highest BCUT2D eigenvalue weighted by molar-refractivity contribution is 5.83. The summed E-state index contributed by atoms with van der Waals surface area (Å²) in [6.07, 6.45) is 1.03. The summed E-state index contributed by atoms with van der Waals surface area (Å²) in [6.45, 7) is 0.468. The van der Waals surface area contributed by atoms with Crippen LogP contribution in [0.4, 0.5) is 0 Å². The van der Waals surface area contributed by atoms with Crippen molar-refractivity contribution < 1.29 is 14.3 Å². The maximum atomic E-state index is 12.0. The SMILES string of the molecule is O=c1oc2ccccc2c(O)c1CCCOc1ccccc1. The highest BCUT2D eigenvalue weighted by atomic mass is 16.5. The zero-order valence-corrected chi connectivity index (χ0v) is 12.0. The molecule has 3 aromatic rings. The highest BCUT2D eigenvalue weighted by Gasteiger charge is 2.13. The van der Waals surface area contributed by atoms with Crippen LogP contribution in [0.25, 0.3) is 11.0 Å². The summed E-state index contributed by atoms with van der Waals surface area (Å²) < 4.78 is 10.8. The van der Waals surface area contributed by atoms with Crippen LogP contribution < -0.4 is 10.4 Å². The molecule has 4 nitrogen and oxygen atoms in total. The van der Waals surface area contributed by atoms with Crippen molar-refractivity contribution in [3.05, 3.63) is 70.6 Å². The Hall–Kier alpha value is -2.75. The van der Waals surface area contributed by atoms with Crippen molar-refractivity contribution in [2.75, 3.05) is 6.61 Å². The van der Waals surface area contributed by atoms with Crippen LogP contribution in [0.1, 0.15) is 12.0 Å². The molecule has 3 rings (SSSR count). The predicted molar refractivity (Wildman–Crippen MR) is 84.4 cm³/mol. The van der Waals surface area contributed by atoms with Gasteiger partial charge in [-0.25, -0.2) is 4.79 Å². The Bertz CT molecular complexity index is 821. The summed E-state index contributed by atoms with van der Waals surface area (Å²) in [7, 11) is 0. The fourth-order valence-corrected chi connectivity index (χ4v) is 2.35. The lowest BCUT2D eigenvalue weighted by molar-refractivity contribution is 0.309. The molecule has 1 aromatic heterocycles. The average molecular weight is 296 g/mol. The van der Waals surface area contributed by atoms with Crippen LogP contribution in [-0.4, -0.2) is 11.7 Å². The molecule has 0 aliphatic carbocycles. The largest absolute Gasteiger partial charge is 0.507 e. The third-order valence-electron chi connectivity index (χ3n) is 3.46. The standard InChI is InChI=1S/C18H16O4/c19-17-14-9-4-5-11-16(14)22-18(20)15(17)10-6-12-21-13-7-2-1-3-8-13/h1-5,7-9,11,19H,6,10,12H2. The van der Waals surface area contributed by atoms with Crippen molar-refractivity contribution in [3.8, 4) is 11.5 Å². The lowest BCUT2D eigenvalue weighted by atomic mass is 10.1. The van der Waals surface area contributed by atoms with Gasteiger partial charge in [-0.2, -0.15) is 0 Å². The first kappa shape index (κ1) is 14.2. The third-order valence-corrected chi connectivity index (χ3v) is 3.46. The van der Waals surface area contributed by atoms with Crippen LogP contribution in [-0.2, 0) is 6.42 Å². The van der Waals surface area contributed by atoms with Gasteiger partial charge in [0, 0.05) is 0 Å². The molecule has 0 atom stereocenters. The third kappa shape index (κ3) is 2.96. The van der Waals surface area contributed by atoms with Crippen molar-refractivity contribution >= 4 is 11.0 Å². The molecule has 0 radical (unpaired) electrons. The van der Waals surface area contributed by atoms with Gasteiger partial charge in [-0.3, -0.25) is 0 Å². The average Bonchev–Trinajstić information content (AvgIpc) is 2.55. The van der Waals surface area contributed by atoms with Crippen molar-refractivity contribution in [2.45, 2.75) is 12.8 Å². The van der Waals surface area contributed by atoms with E-state index >= 15 is 0 Å². The Kier molecular flexibility index (Phi) is 4.10. The second kappa shape index (κ2) is 6.35. The molecule has 0 saturated carbocycles. The molecule has 0 aliphatic rings. The Labute approximate surface area is 127 Å². The molecular weight excluding hydrogens is 280 g/mol. The molecule has 1 heterocycles. The molecule has 0 saturated heterocycles. The number of hydrogen-bond acceptors (Lipinski definition) is 4. The van der Waals surface area contributed by atoms with Gasteiger partial charge < -0.3 is 14.3 Å². The molecule has 0 amide bonds. The molecule has 22 heavy (non-hydrogen) atoms. The van der Waals surface area contributed by atoms with Crippen molar-refractivity contribution in [3.63, 3.8) is 0 Å². The number of hydrogen-bond donors (Lipinski definition) is 1. The van der Waals surface area contributed by atoms with Crippen LogP contribution in [0.5, 0.6) is 11.5 Å². The molecule has 2 aromatic carbocycles. The second-order valence-corrected chi connectivity index (χ2v) is 4.98. The number of ether oxygens (including phenoxy) is 1. The molecule has 0 unspecified atom stereocenters. The number of fused-ring (bicyclic) bond motifs is 1. The smallest absolute Gasteiger partial charge is 0.343 e. The van der Waals surface area contributed by atoms with Gasteiger partial charge in [0.2, 0.25) is 0 Å². The van der Waals surface area contributed by atoms with E-state index in [4.69, 9.17) is 9.15 Å². The number of aromatic hydroxyl groups is 1. The Morgan fingerprint density at radius 1 is 1.00 bits per heavy atom. The minimum Gasteiger partial charge on any atom is -0.507 e. The van der Waals surface area contributed by atoms with Gasteiger partial charge >= 0.3 is 5.63 Å². The molecule has 4 heteroatoms. The van der Waals surface area contributed by atoms with Crippen LogP contribution in [0.15, 0.2) is 63.8 Å². The molecule has 0 bridgehead atoms. The zero-order valence-electron chi connectivity index (χ0n) is 12.0. The minimum absolute atomic E-state index is 0.00608. The number of rotatable bonds is 5. The van der Waals surface area contributed by atoms with E-state index in [1.54, 1.807) is 24.3 Å². The van der Waals surface area contributed by atoms with E-state index in [1.165, 1.54) is 0 Å². The van der Waals surface area contributed by atoms with E-state index in [1.807, 2.05) is 30.3 Å². The van der Waals surface area contributed by atoms with Gasteiger partial charge in [0.1, 0.15) is 17.1 Å². The summed E-state index contributed by atoms with van der Waals surface area (Å²) in [5.74, 6) is 0.795. The lowest BCUT2D eigenvalue weighted by Gasteiger charge is -2.07. The molecule has 1 N–H and O–H groups in total. The summed E-state index contributed by atoms with van der Waals surface area (Å²) in [5.41, 5.74) is 0.209.